The van der Waals surface area contributed by atoms with E-state index in [1.54, 1.807) is 11.3 Å². The quantitative estimate of drug-likeness (QED) is 0.934. The number of fused-ring (bicyclic) bond motifs is 1. The number of thiophene rings is 1. The van der Waals surface area contributed by atoms with E-state index in [0.29, 0.717) is 6.04 Å². The Bertz CT molecular complexity index is 620. The monoisotopic (exact) mass is 272 g/mol. The number of nitrogens with zero attached hydrogens (tertiary/aromatic N) is 3. The van der Waals surface area contributed by atoms with Crippen LogP contribution in [0.1, 0.15) is 39.9 Å². The molecule has 2 aromatic heterocycles. The lowest BCUT2D eigenvalue weighted by atomic mass is 9.93. The van der Waals surface area contributed by atoms with Gasteiger partial charge in [0.2, 0.25) is 0 Å². The van der Waals surface area contributed by atoms with Crippen molar-refractivity contribution in [2.24, 2.45) is 7.05 Å². The number of aromatic nitrogens is 2. The van der Waals surface area contributed by atoms with E-state index in [2.05, 4.69) is 16.5 Å². The van der Waals surface area contributed by atoms with Crippen LogP contribution in [-0.2, 0) is 20.0 Å². The topological polar surface area (TPSA) is 53.6 Å². The summed E-state index contributed by atoms with van der Waals surface area (Å²) in [4.78, 5) is 2.00. The molecule has 0 saturated heterocycles. The molecule has 0 bridgehead atoms. The number of aryl methyl sites for hydroxylation is 1. The molecule has 3 rings (SSSR count). The molecule has 5 heteroatoms. The SMILES string of the molecule is Cn1ncc2c1CCCC2NCc1ccc(C#N)s1. The van der Waals surface area contributed by atoms with Gasteiger partial charge in [0.05, 0.1) is 6.20 Å². The highest BCUT2D eigenvalue weighted by atomic mass is 32.1. The van der Waals surface area contributed by atoms with Crippen molar-refractivity contribution in [3.63, 3.8) is 0 Å². The number of hydrogen-bond donors (Lipinski definition) is 1. The molecule has 1 unspecified atom stereocenters. The van der Waals surface area contributed by atoms with E-state index in [-0.39, 0.29) is 0 Å². The van der Waals surface area contributed by atoms with Gasteiger partial charge < -0.3 is 5.32 Å². The van der Waals surface area contributed by atoms with Gasteiger partial charge in [-0.3, -0.25) is 4.68 Å². The Morgan fingerprint density at radius 2 is 2.47 bits per heavy atom. The van der Waals surface area contributed by atoms with Crippen LogP contribution in [0.4, 0.5) is 0 Å². The maximum atomic E-state index is 8.83. The number of nitriles is 1. The molecule has 98 valence electrons. The van der Waals surface area contributed by atoms with Gasteiger partial charge in [0, 0.05) is 35.8 Å². The van der Waals surface area contributed by atoms with Gasteiger partial charge in [-0.15, -0.1) is 11.3 Å². The summed E-state index contributed by atoms with van der Waals surface area (Å²) in [5, 5.41) is 16.8. The molecule has 0 aromatic carbocycles. The molecule has 2 heterocycles. The molecule has 0 saturated carbocycles. The van der Waals surface area contributed by atoms with Crippen LogP contribution in [0.25, 0.3) is 0 Å². The molecule has 1 N–H and O–H groups in total. The summed E-state index contributed by atoms with van der Waals surface area (Å²) in [7, 11) is 2.01. The minimum atomic E-state index is 0.394. The summed E-state index contributed by atoms with van der Waals surface area (Å²) in [6.07, 6.45) is 5.48. The minimum absolute atomic E-state index is 0.394. The second kappa shape index (κ2) is 5.16. The van der Waals surface area contributed by atoms with Gasteiger partial charge in [-0.05, 0) is 31.4 Å². The van der Waals surface area contributed by atoms with Gasteiger partial charge in [0.1, 0.15) is 10.9 Å². The fraction of sp³-hybridized carbons (Fsp3) is 0.429. The maximum absolute atomic E-state index is 8.83. The van der Waals surface area contributed by atoms with Gasteiger partial charge >= 0.3 is 0 Å². The predicted molar refractivity (Wildman–Crippen MR) is 74.8 cm³/mol. The first-order valence-electron chi connectivity index (χ1n) is 6.51. The van der Waals surface area contributed by atoms with Crippen LogP contribution < -0.4 is 5.32 Å². The summed E-state index contributed by atoms with van der Waals surface area (Å²) in [6.45, 7) is 0.825. The summed E-state index contributed by atoms with van der Waals surface area (Å²) >= 11 is 1.56. The lowest BCUT2D eigenvalue weighted by molar-refractivity contribution is 0.453. The molecule has 1 atom stereocenters. The van der Waals surface area contributed by atoms with Crippen LogP contribution in [0.15, 0.2) is 18.3 Å². The third-order valence-electron chi connectivity index (χ3n) is 3.67. The van der Waals surface area contributed by atoms with Crippen LogP contribution in [0.3, 0.4) is 0 Å². The van der Waals surface area contributed by atoms with Crippen LogP contribution in [0.5, 0.6) is 0 Å². The van der Waals surface area contributed by atoms with Gasteiger partial charge in [-0.1, -0.05) is 0 Å². The highest BCUT2D eigenvalue weighted by molar-refractivity contribution is 7.12. The molecule has 0 radical (unpaired) electrons. The van der Waals surface area contributed by atoms with Gasteiger partial charge in [-0.2, -0.15) is 10.4 Å². The van der Waals surface area contributed by atoms with E-state index in [1.165, 1.54) is 22.6 Å². The van der Waals surface area contributed by atoms with Gasteiger partial charge in [0.15, 0.2) is 0 Å². The van der Waals surface area contributed by atoms with Crippen molar-refractivity contribution in [1.29, 1.82) is 5.26 Å². The van der Waals surface area contributed by atoms with E-state index < -0.39 is 0 Å². The van der Waals surface area contributed by atoms with Crippen molar-refractivity contribution in [2.45, 2.75) is 31.8 Å². The fourth-order valence-corrected chi connectivity index (χ4v) is 3.43. The third-order valence-corrected chi connectivity index (χ3v) is 4.66. The molecule has 0 aliphatic heterocycles. The molecular formula is C14H16N4S. The molecule has 2 aromatic rings. The number of nitrogens with one attached hydrogen (secondary N) is 1. The standard InChI is InChI=1S/C14H16N4S/c1-18-14-4-2-3-13(12(14)9-17-18)16-8-11-6-5-10(7-15)19-11/h5-6,9,13,16H,2-4,8H2,1H3. The van der Waals surface area contributed by atoms with Gasteiger partial charge in [-0.25, -0.2) is 0 Å². The predicted octanol–water partition coefficient (Wildman–Crippen LogP) is 2.52. The van der Waals surface area contributed by atoms with Crippen LogP contribution in [0.2, 0.25) is 0 Å². The Morgan fingerprint density at radius 3 is 3.26 bits per heavy atom. The second-order valence-corrected chi connectivity index (χ2v) is 6.04. The Morgan fingerprint density at radius 1 is 1.58 bits per heavy atom. The molecular weight excluding hydrogens is 256 g/mol. The van der Waals surface area contributed by atoms with Crippen LogP contribution in [-0.4, -0.2) is 9.78 Å². The average molecular weight is 272 g/mol. The van der Waals surface area contributed by atoms with Crippen molar-refractivity contribution in [1.82, 2.24) is 15.1 Å². The minimum Gasteiger partial charge on any atom is -0.305 e. The molecule has 0 fully saturated rings. The van der Waals surface area contributed by atoms with Crippen molar-refractivity contribution < 1.29 is 0 Å². The summed E-state index contributed by atoms with van der Waals surface area (Å²) in [6, 6.07) is 6.49. The zero-order valence-corrected chi connectivity index (χ0v) is 11.7. The highest BCUT2D eigenvalue weighted by Crippen LogP contribution is 2.29. The Hall–Kier alpha value is -1.64. The zero-order valence-electron chi connectivity index (χ0n) is 10.9. The zero-order chi connectivity index (χ0) is 13.2. The second-order valence-electron chi connectivity index (χ2n) is 4.87. The van der Waals surface area contributed by atoms with E-state index in [1.807, 2.05) is 30.1 Å². The molecule has 0 amide bonds. The molecule has 4 nitrogen and oxygen atoms in total. The van der Waals surface area contributed by atoms with E-state index >= 15 is 0 Å². The first-order valence-corrected chi connectivity index (χ1v) is 7.32. The van der Waals surface area contributed by atoms with Gasteiger partial charge in [0.25, 0.3) is 0 Å². The molecule has 19 heavy (non-hydrogen) atoms. The summed E-state index contributed by atoms with van der Waals surface area (Å²) in [5.74, 6) is 0. The Balaban J connectivity index is 1.70. The number of rotatable bonds is 3. The smallest absolute Gasteiger partial charge is 0.110 e. The largest absolute Gasteiger partial charge is 0.305 e. The van der Waals surface area contributed by atoms with Crippen molar-refractivity contribution in [2.75, 3.05) is 0 Å². The Kier molecular flexibility index (Phi) is 3.36. The first-order chi connectivity index (χ1) is 9.28. The van der Waals surface area contributed by atoms with Crippen molar-refractivity contribution in [3.8, 4) is 6.07 Å². The fourth-order valence-electron chi connectivity index (χ4n) is 2.68. The normalized spacial score (nSPS) is 18.0. The van der Waals surface area contributed by atoms with Crippen molar-refractivity contribution >= 4 is 11.3 Å². The number of hydrogen-bond acceptors (Lipinski definition) is 4. The van der Waals surface area contributed by atoms with Crippen LogP contribution in [0, 0.1) is 11.3 Å². The Labute approximate surface area is 116 Å². The van der Waals surface area contributed by atoms with E-state index in [0.717, 1.165) is 24.3 Å². The lowest BCUT2D eigenvalue weighted by Crippen LogP contribution is -2.24. The maximum Gasteiger partial charge on any atom is 0.110 e. The van der Waals surface area contributed by atoms with E-state index in [4.69, 9.17) is 5.26 Å². The lowest BCUT2D eigenvalue weighted by Gasteiger charge is -2.23. The third kappa shape index (κ3) is 2.42. The molecule has 0 spiro atoms. The van der Waals surface area contributed by atoms with E-state index in [9.17, 15) is 0 Å². The first kappa shape index (κ1) is 12.4. The van der Waals surface area contributed by atoms with Crippen LogP contribution >= 0.6 is 11.3 Å². The highest BCUT2D eigenvalue weighted by Gasteiger charge is 2.22. The molecule has 1 aliphatic rings. The molecule has 1 aliphatic carbocycles. The van der Waals surface area contributed by atoms with Crippen molar-refractivity contribution in [3.05, 3.63) is 39.3 Å². The average Bonchev–Trinajstić information content (AvgIpc) is 3.04. The summed E-state index contributed by atoms with van der Waals surface area (Å²) < 4.78 is 1.99. The summed E-state index contributed by atoms with van der Waals surface area (Å²) in [5.41, 5.74) is 2.69.